The molecule has 3 rings (SSSR count). The van der Waals surface area contributed by atoms with Crippen LogP contribution in [0.1, 0.15) is 22.8 Å². The Kier molecular flexibility index (Phi) is 6.97. The highest BCUT2D eigenvalue weighted by Gasteiger charge is 2.26. The van der Waals surface area contributed by atoms with Gasteiger partial charge in [0, 0.05) is 18.7 Å². The van der Waals surface area contributed by atoms with Crippen LogP contribution in [-0.2, 0) is 19.6 Å². The van der Waals surface area contributed by atoms with Gasteiger partial charge in [-0.3, -0.25) is 0 Å². The summed E-state index contributed by atoms with van der Waals surface area (Å²) in [5, 5.41) is 3.71. The molecule has 0 atom stereocenters. The molecule has 0 amide bonds. The summed E-state index contributed by atoms with van der Waals surface area (Å²) < 4.78 is 37.2. The Labute approximate surface area is 169 Å². The summed E-state index contributed by atoms with van der Waals surface area (Å²) in [6, 6.07) is 12.8. The van der Waals surface area contributed by atoms with Crippen molar-refractivity contribution in [3.8, 4) is 5.75 Å². The van der Waals surface area contributed by atoms with Crippen LogP contribution in [0.5, 0.6) is 5.75 Å². The maximum atomic E-state index is 12.6. The summed E-state index contributed by atoms with van der Waals surface area (Å²) in [5.41, 5.74) is 0.871. The number of ether oxygens (including phenoxy) is 2. The minimum absolute atomic E-state index is 0.116. The summed E-state index contributed by atoms with van der Waals surface area (Å²) >= 11 is 0. The highest BCUT2D eigenvalue weighted by Crippen LogP contribution is 2.18. The molecule has 0 unspecified atom stereocenters. The zero-order valence-electron chi connectivity index (χ0n) is 16.0. The van der Waals surface area contributed by atoms with Crippen LogP contribution in [0, 0.1) is 0 Å². The molecule has 1 heterocycles. The van der Waals surface area contributed by atoms with Crippen LogP contribution in [-0.4, -0.2) is 57.8 Å². The molecular weight excluding hydrogens is 396 g/mol. The highest BCUT2D eigenvalue weighted by molar-refractivity contribution is 7.89. The molecule has 1 aliphatic heterocycles. The van der Waals surface area contributed by atoms with Crippen LogP contribution >= 0.6 is 0 Å². The summed E-state index contributed by atoms with van der Waals surface area (Å²) in [4.78, 5) is 17.2. The van der Waals surface area contributed by atoms with E-state index >= 15 is 0 Å². The molecule has 2 aromatic rings. The Balaban J connectivity index is 1.65. The number of carbonyl (C=O) groups is 1. The molecule has 0 aromatic heterocycles. The molecule has 1 aliphatic rings. The van der Waals surface area contributed by atoms with E-state index in [9.17, 15) is 13.2 Å². The SMILES string of the molecule is CCOc1ccccc1C=NOC(=O)c1ccc(S(=O)(=O)N2CCOCC2)cc1. The number of morpholine rings is 1. The summed E-state index contributed by atoms with van der Waals surface area (Å²) in [5.74, 6) is -0.0575. The molecule has 0 bridgehead atoms. The first-order chi connectivity index (χ1) is 14.0. The van der Waals surface area contributed by atoms with Crippen molar-refractivity contribution in [1.29, 1.82) is 0 Å². The van der Waals surface area contributed by atoms with Crippen LogP contribution in [0.3, 0.4) is 0 Å². The Morgan fingerprint density at radius 1 is 1.14 bits per heavy atom. The lowest BCUT2D eigenvalue weighted by molar-refractivity contribution is 0.0519. The lowest BCUT2D eigenvalue weighted by Crippen LogP contribution is -2.40. The number of carbonyl (C=O) groups excluding carboxylic acids is 1. The van der Waals surface area contributed by atoms with Gasteiger partial charge < -0.3 is 14.3 Å². The topological polar surface area (TPSA) is 94.5 Å². The van der Waals surface area contributed by atoms with Gasteiger partial charge in [0.2, 0.25) is 10.0 Å². The molecule has 154 valence electrons. The fourth-order valence-electron chi connectivity index (χ4n) is 2.76. The Bertz CT molecular complexity index is 967. The maximum Gasteiger partial charge on any atom is 0.365 e. The van der Waals surface area contributed by atoms with Gasteiger partial charge >= 0.3 is 5.97 Å². The average Bonchev–Trinajstić information content (AvgIpc) is 2.76. The van der Waals surface area contributed by atoms with Gasteiger partial charge in [0.05, 0.1) is 36.5 Å². The molecule has 2 aromatic carbocycles. The summed E-state index contributed by atoms with van der Waals surface area (Å²) in [7, 11) is -3.61. The number of rotatable bonds is 7. The van der Waals surface area contributed by atoms with Gasteiger partial charge in [-0.15, -0.1) is 0 Å². The number of hydrogen-bond acceptors (Lipinski definition) is 7. The summed E-state index contributed by atoms with van der Waals surface area (Å²) in [6.45, 7) is 3.73. The molecule has 0 aliphatic carbocycles. The Morgan fingerprint density at radius 2 is 1.83 bits per heavy atom. The number of para-hydroxylation sites is 1. The third-order valence-electron chi connectivity index (χ3n) is 4.24. The van der Waals surface area contributed by atoms with E-state index in [0.717, 1.165) is 0 Å². The first kappa shape index (κ1) is 21.0. The number of oxime groups is 1. The van der Waals surface area contributed by atoms with Crippen LogP contribution in [0.4, 0.5) is 0 Å². The van der Waals surface area contributed by atoms with Gasteiger partial charge in [-0.25, -0.2) is 13.2 Å². The van der Waals surface area contributed by atoms with Gasteiger partial charge in [-0.2, -0.15) is 4.31 Å². The van der Waals surface area contributed by atoms with Gasteiger partial charge in [0.15, 0.2) is 0 Å². The number of hydrogen-bond donors (Lipinski definition) is 0. The van der Waals surface area contributed by atoms with Crippen molar-refractivity contribution < 1.29 is 27.5 Å². The van der Waals surface area contributed by atoms with Crippen molar-refractivity contribution in [2.75, 3.05) is 32.9 Å². The normalized spacial score (nSPS) is 15.3. The van der Waals surface area contributed by atoms with Crippen LogP contribution < -0.4 is 4.74 Å². The van der Waals surface area contributed by atoms with Crippen LogP contribution in [0.15, 0.2) is 58.6 Å². The lowest BCUT2D eigenvalue weighted by atomic mass is 10.2. The predicted octanol–water partition coefficient (Wildman–Crippen LogP) is 2.30. The fourth-order valence-corrected chi connectivity index (χ4v) is 4.16. The number of nitrogens with zero attached hydrogens (tertiary/aromatic N) is 2. The maximum absolute atomic E-state index is 12.6. The van der Waals surface area contributed by atoms with E-state index in [4.69, 9.17) is 14.3 Å². The molecule has 1 fully saturated rings. The van der Waals surface area contributed by atoms with Gasteiger partial charge in [-0.05, 0) is 43.3 Å². The van der Waals surface area contributed by atoms with Gasteiger partial charge in [0.1, 0.15) is 5.75 Å². The van der Waals surface area contributed by atoms with Gasteiger partial charge in [0.25, 0.3) is 0 Å². The Morgan fingerprint density at radius 3 is 2.52 bits per heavy atom. The van der Waals surface area contributed by atoms with Crippen molar-refractivity contribution in [3.63, 3.8) is 0 Å². The molecule has 29 heavy (non-hydrogen) atoms. The molecule has 1 saturated heterocycles. The monoisotopic (exact) mass is 418 g/mol. The van der Waals surface area contributed by atoms with Crippen LogP contribution in [0.2, 0.25) is 0 Å². The molecular formula is C20H22N2O6S. The van der Waals surface area contributed by atoms with E-state index in [1.54, 1.807) is 12.1 Å². The zero-order chi connectivity index (χ0) is 20.7. The third-order valence-corrected chi connectivity index (χ3v) is 6.16. The first-order valence-corrected chi connectivity index (χ1v) is 10.6. The standard InChI is InChI=1S/C20H22N2O6S/c1-2-27-19-6-4-3-5-17(19)15-21-28-20(23)16-7-9-18(10-8-16)29(24,25)22-11-13-26-14-12-22/h3-10,15H,2,11-14H2,1H3. The largest absolute Gasteiger partial charge is 0.493 e. The van der Waals surface area contributed by atoms with E-state index < -0.39 is 16.0 Å². The zero-order valence-corrected chi connectivity index (χ0v) is 16.8. The molecule has 9 heteroatoms. The lowest BCUT2D eigenvalue weighted by Gasteiger charge is -2.26. The minimum atomic E-state index is -3.61. The number of sulfonamides is 1. The van der Waals surface area contributed by atoms with E-state index in [0.29, 0.717) is 44.2 Å². The van der Waals surface area contributed by atoms with E-state index in [-0.39, 0.29) is 10.5 Å². The second kappa shape index (κ2) is 9.64. The van der Waals surface area contributed by atoms with Crippen molar-refractivity contribution in [2.24, 2.45) is 5.16 Å². The van der Waals surface area contributed by atoms with E-state index in [2.05, 4.69) is 5.16 Å². The molecule has 0 saturated carbocycles. The third kappa shape index (κ3) is 5.20. The van der Waals surface area contributed by atoms with E-state index in [1.807, 2.05) is 19.1 Å². The Hall–Kier alpha value is -2.75. The highest BCUT2D eigenvalue weighted by atomic mass is 32.2. The molecule has 0 N–H and O–H groups in total. The number of benzene rings is 2. The predicted molar refractivity (Wildman–Crippen MR) is 107 cm³/mol. The second-order valence-corrected chi connectivity index (χ2v) is 8.06. The van der Waals surface area contributed by atoms with Gasteiger partial charge in [-0.1, -0.05) is 17.3 Å². The summed E-state index contributed by atoms with van der Waals surface area (Å²) in [6.07, 6.45) is 1.39. The van der Waals surface area contributed by atoms with E-state index in [1.165, 1.54) is 34.8 Å². The molecule has 0 spiro atoms. The molecule has 8 nitrogen and oxygen atoms in total. The second-order valence-electron chi connectivity index (χ2n) is 6.12. The average molecular weight is 418 g/mol. The minimum Gasteiger partial charge on any atom is -0.493 e. The fraction of sp³-hybridized carbons (Fsp3) is 0.300. The van der Waals surface area contributed by atoms with Crippen molar-refractivity contribution in [1.82, 2.24) is 4.31 Å². The van der Waals surface area contributed by atoms with Crippen molar-refractivity contribution in [2.45, 2.75) is 11.8 Å². The quantitative estimate of drug-likeness (QED) is 0.389. The smallest absolute Gasteiger partial charge is 0.365 e. The van der Waals surface area contributed by atoms with Crippen LogP contribution in [0.25, 0.3) is 0 Å². The molecule has 0 radical (unpaired) electrons. The van der Waals surface area contributed by atoms with Crippen molar-refractivity contribution >= 4 is 22.2 Å². The first-order valence-electron chi connectivity index (χ1n) is 9.17. The van der Waals surface area contributed by atoms with Crippen molar-refractivity contribution in [3.05, 3.63) is 59.7 Å².